The van der Waals surface area contributed by atoms with Gasteiger partial charge in [0.1, 0.15) is 0 Å². The van der Waals surface area contributed by atoms with E-state index in [1.54, 1.807) is 0 Å². The first-order chi connectivity index (χ1) is 23.3. The van der Waals surface area contributed by atoms with E-state index in [0.717, 1.165) is 22.7 Å². The minimum Gasteiger partial charge on any atom is -0.309 e. The van der Waals surface area contributed by atoms with Crippen LogP contribution >= 0.6 is 23.5 Å². The number of para-hydroxylation sites is 4. The van der Waals surface area contributed by atoms with Gasteiger partial charge in [-0.05, 0) is 72.2 Å². The van der Waals surface area contributed by atoms with Gasteiger partial charge in [0.25, 0.3) is 0 Å². The number of nitrogens with zero attached hydrogens (tertiary/aromatic N) is 2. The van der Waals surface area contributed by atoms with Gasteiger partial charge in [0, 0.05) is 42.3 Å². The molecule has 7 aromatic carbocycles. The lowest BCUT2D eigenvalue weighted by Gasteiger charge is -2.39. The minimum absolute atomic E-state index is 0.121. The van der Waals surface area contributed by atoms with Gasteiger partial charge in [-0.15, -0.1) is 0 Å². The molecule has 0 N–H and O–H groups in total. The molecule has 2 aliphatic heterocycles. The summed E-state index contributed by atoms with van der Waals surface area (Å²) in [6, 6.07) is 63.6. The molecule has 7 aromatic rings. The van der Waals surface area contributed by atoms with Gasteiger partial charge < -0.3 is 9.80 Å². The van der Waals surface area contributed by atoms with Crippen molar-refractivity contribution in [1.82, 2.24) is 0 Å². The third kappa shape index (κ3) is 4.86. The van der Waals surface area contributed by atoms with Gasteiger partial charge in [0.05, 0.1) is 11.4 Å². The van der Waals surface area contributed by atoms with Crippen LogP contribution in [0.3, 0.4) is 0 Å². The smallest absolute Gasteiger partial charge is 0.247 e. The Morgan fingerprint density at radius 2 is 0.681 bits per heavy atom. The van der Waals surface area contributed by atoms with E-state index in [0.29, 0.717) is 0 Å². The highest BCUT2D eigenvalue weighted by Gasteiger charge is 2.42. The third-order valence-electron chi connectivity index (χ3n) is 8.94. The van der Waals surface area contributed by atoms with E-state index in [4.69, 9.17) is 0 Å². The van der Waals surface area contributed by atoms with Gasteiger partial charge in [0.15, 0.2) is 0 Å². The molecule has 2 aliphatic rings. The predicted octanol–water partition coefficient (Wildman–Crippen LogP) is 10.1. The maximum absolute atomic E-state index is 2.44. The Kier molecular flexibility index (Phi) is 7.14. The van der Waals surface area contributed by atoms with Crippen molar-refractivity contribution in [3.8, 4) is 0 Å². The second-order valence-electron chi connectivity index (χ2n) is 11.7. The molecule has 0 atom stereocenters. The number of benzene rings is 7. The Morgan fingerprint density at radius 1 is 0.362 bits per heavy atom. The van der Waals surface area contributed by atoms with Crippen LogP contribution in [0.4, 0.5) is 34.1 Å². The molecule has 0 fully saturated rings. The van der Waals surface area contributed by atoms with E-state index in [1.807, 2.05) is 23.5 Å². The monoisotopic (exact) mass is 636 g/mol. The summed E-state index contributed by atoms with van der Waals surface area (Å²) in [6.07, 6.45) is 0. The molecule has 0 bridgehead atoms. The Hall–Kier alpha value is -5.10. The molecular formula is C42H29BN2S2. The fourth-order valence-electron chi connectivity index (χ4n) is 6.93. The fourth-order valence-corrected chi connectivity index (χ4v) is 9.51. The summed E-state index contributed by atoms with van der Waals surface area (Å²) in [5.74, 6) is 0. The molecule has 47 heavy (non-hydrogen) atoms. The zero-order chi connectivity index (χ0) is 31.2. The first-order valence-corrected chi connectivity index (χ1v) is 17.5. The number of anilines is 6. The largest absolute Gasteiger partial charge is 0.309 e. The average Bonchev–Trinajstić information content (AvgIpc) is 3.15. The summed E-state index contributed by atoms with van der Waals surface area (Å²) >= 11 is 3.81. The third-order valence-corrected chi connectivity index (χ3v) is 11.4. The van der Waals surface area contributed by atoms with E-state index in [-0.39, 0.29) is 6.71 Å². The zero-order valence-electron chi connectivity index (χ0n) is 25.5. The molecule has 222 valence electrons. The Labute approximate surface area is 284 Å². The van der Waals surface area contributed by atoms with Crippen molar-refractivity contribution in [1.29, 1.82) is 0 Å². The number of fused-ring (bicyclic) bond motifs is 4. The average molecular weight is 637 g/mol. The van der Waals surface area contributed by atoms with Crippen molar-refractivity contribution in [3.05, 3.63) is 176 Å². The topological polar surface area (TPSA) is 6.48 Å². The number of hydrogen-bond donors (Lipinski definition) is 0. The first kappa shape index (κ1) is 28.2. The SMILES string of the molecule is c1ccc(N(c2ccccc2)c2cc(N(c3ccccc3)c3ccccc3)c3c4c2Sc2ccccc2B4c2ccccc2S3)cc1. The second-order valence-corrected chi connectivity index (χ2v) is 13.8. The van der Waals surface area contributed by atoms with E-state index in [1.165, 1.54) is 47.3 Å². The molecule has 0 amide bonds. The van der Waals surface area contributed by atoms with Crippen LogP contribution in [0.5, 0.6) is 0 Å². The Morgan fingerprint density at radius 3 is 1.04 bits per heavy atom. The molecule has 0 aliphatic carbocycles. The predicted molar refractivity (Wildman–Crippen MR) is 202 cm³/mol. The van der Waals surface area contributed by atoms with Crippen LogP contribution in [0.1, 0.15) is 0 Å². The molecular weight excluding hydrogens is 607 g/mol. The highest BCUT2D eigenvalue weighted by atomic mass is 32.2. The summed E-state index contributed by atoms with van der Waals surface area (Å²) in [5.41, 5.74) is 11.0. The van der Waals surface area contributed by atoms with Crippen LogP contribution in [0, 0.1) is 0 Å². The number of hydrogen-bond acceptors (Lipinski definition) is 4. The first-order valence-electron chi connectivity index (χ1n) is 15.9. The highest BCUT2D eigenvalue weighted by molar-refractivity contribution is 8.01. The molecule has 0 aromatic heterocycles. The lowest BCUT2D eigenvalue weighted by Crippen LogP contribution is -2.58. The van der Waals surface area contributed by atoms with Crippen molar-refractivity contribution in [2.45, 2.75) is 19.6 Å². The van der Waals surface area contributed by atoms with Gasteiger partial charge in [-0.3, -0.25) is 0 Å². The van der Waals surface area contributed by atoms with Crippen molar-refractivity contribution in [2.75, 3.05) is 9.80 Å². The second kappa shape index (κ2) is 11.9. The lowest BCUT2D eigenvalue weighted by atomic mass is 9.36. The van der Waals surface area contributed by atoms with Crippen molar-refractivity contribution in [2.24, 2.45) is 0 Å². The van der Waals surface area contributed by atoms with Crippen molar-refractivity contribution < 1.29 is 0 Å². The van der Waals surface area contributed by atoms with Gasteiger partial charge in [-0.25, -0.2) is 0 Å². The standard InChI is InChI=1S/C42H29BN2S2/c1-5-17-30(18-6-1)44(31-19-7-2-8-20-31)36-29-37(45(32-21-9-3-10-22-32)33-23-11-4-12-24-33)42-40-41(36)46-38-27-15-13-25-34(38)43(40)35-26-14-16-28-39(35)47-42/h1-29H. The molecule has 2 heterocycles. The molecule has 9 rings (SSSR count). The molecule has 0 spiro atoms. The Bertz CT molecular complexity index is 1980. The lowest BCUT2D eigenvalue weighted by molar-refractivity contribution is 1.17. The van der Waals surface area contributed by atoms with E-state index < -0.39 is 0 Å². The van der Waals surface area contributed by atoms with Crippen molar-refractivity contribution >= 4 is 80.7 Å². The summed E-state index contributed by atoms with van der Waals surface area (Å²) in [6.45, 7) is 0.121. The Balaban J connectivity index is 1.42. The van der Waals surface area contributed by atoms with Crippen LogP contribution in [-0.2, 0) is 0 Å². The highest BCUT2D eigenvalue weighted by Crippen LogP contribution is 2.52. The van der Waals surface area contributed by atoms with Crippen LogP contribution < -0.4 is 26.2 Å². The normalized spacial score (nSPS) is 12.5. The zero-order valence-corrected chi connectivity index (χ0v) is 27.2. The summed E-state index contributed by atoms with van der Waals surface area (Å²) < 4.78 is 0. The molecule has 2 nitrogen and oxygen atoms in total. The van der Waals surface area contributed by atoms with Gasteiger partial charge in [0.2, 0.25) is 6.71 Å². The molecule has 0 saturated carbocycles. The number of rotatable bonds is 6. The van der Waals surface area contributed by atoms with Crippen LogP contribution in [0.2, 0.25) is 0 Å². The summed E-state index contributed by atoms with van der Waals surface area (Å²) in [4.78, 5) is 10.1. The summed E-state index contributed by atoms with van der Waals surface area (Å²) in [5, 5.41) is 0. The van der Waals surface area contributed by atoms with Gasteiger partial charge >= 0.3 is 0 Å². The van der Waals surface area contributed by atoms with E-state index in [2.05, 4.69) is 186 Å². The maximum atomic E-state index is 2.44. The molecule has 0 saturated heterocycles. The van der Waals surface area contributed by atoms with Crippen LogP contribution in [0.25, 0.3) is 0 Å². The van der Waals surface area contributed by atoms with E-state index in [9.17, 15) is 0 Å². The van der Waals surface area contributed by atoms with Crippen molar-refractivity contribution in [3.63, 3.8) is 0 Å². The summed E-state index contributed by atoms with van der Waals surface area (Å²) in [7, 11) is 0. The van der Waals surface area contributed by atoms with Crippen LogP contribution in [0.15, 0.2) is 196 Å². The van der Waals surface area contributed by atoms with Gasteiger partial charge in [-0.2, -0.15) is 0 Å². The van der Waals surface area contributed by atoms with Crippen LogP contribution in [-0.4, -0.2) is 6.71 Å². The maximum Gasteiger partial charge on any atom is 0.247 e. The fraction of sp³-hybridized carbons (Fsp3) is 0. The van der Waals surface area contributed by atoms with E-state index >= 15 is 0 Å². The minimum atomic E-state index is 0.121. The molecule has 0 unspecified atom stereocenters. The van der Waals surface area contributed by atoms with Gasteiger partial charge in [-0.1, -0.05) is 144 Å². The molecule has 0 radical (unpaired) electrons. The quantitative estimate of drug-likeness (QED) is 0.168. The molecule has 5 heteroatoms.